The fourth-order valence-electron chi connectivity index (χ4n) is 5.27. The molecule has 2 atom stereocenters. The highest BCUT2D eigenvalue weighted by molar-refractivity contribution is 5.45. The van der Waals surface area contributed by atoms with Gasteiger partial charge >= 0.3 is 0 Å². The van der Waals surface area contributed by atoms with Gasteiger partial charge in [0.05, 0.1) is 7.11 Å². The molecule has 2 aliphatic carbocycles. The topological polar surface area (TPSA) is 12.5 Å². The predicted octanol–water partition coefficient (Wildman–Crippen LogP) is 4.38. The summed E-state index contributed by atoms with van der Waals surface area (Å²) in [7, 11) is 1.81. The highest BCUT2D eigenvalue weighted by atomic mass is 16.5. The number of ether oxygens (including phenoxy) is 1. The molecule has 3 aliphatic rings. The van der Waals surface area contributed by atoms with Gasteiger partial charge in [0.15, 0.2) is 0 Å². The number of fused-ring (bicyclic) bond motifs is 3. The van der Waals surface area contributed by atoms with Crippen LogP contribution in [0.25, 0.3) is 0 Å². The minimum Gasteiger partial charge on any atom is -0.496 e. The molecule has 1 saturated heterocycles. The Bertz CT molecular complexity index is 520. The highest BCUT2D eigenvalue weighted by Gasteiger charge is 2.39. The molecule has 1 aromatic carbocycles. The van der Waals surface area contributed by atoms with E-state index in [0.717, 1.165) is 23.6 Å². The van der Waals surface area contributed by atoms with Gasteiger partial charge in [-0.25, -0.2) is 0 Å². The summed E-state index contributed by atoms with van der Waals surface area (Å²) in [6.07, 6.45) is 11.2. The largest absolute Gasteiger partial charge is 0.496 e. The molecular formula is C20H29NO. The third-order valence-corrected chi connectivity index (χ3v) is 6.44. The third kappa shape index (κ3) is 2.56. The number of hydrogen-bond acceptors (Lipinski definition) is 2. The van der Waals surface area contributed by atoms with E-state index in [2.05, 4.69) is 23.1 Å². The lowest BCUT2D eigenvalue weighted by Crippen LogP contribution is -2.36. The number of nitrogens with zero attached hydrogens (tertiary/aromatic N) is 1. The van der Waals surface area contributed by atoms with Crippen molar-refractivity contribution in [1.29, 1.82) is 0 Å². The van der Waals surface area contributed by atoms with E-state index in [1.165, 1.54) is 70.0 Å². The van der Waals surface area contributed by atoms with Crippen molar-refractivity contribution in [2.45, 2.75) is 63.3 Å². The van der Waals surface area contributed by atoms with Gasteiger partial charge in [0.1, 0.15) is 5.75 Å². The van der Waals surface area contributed by atoms with Crippen LogP contribution in [0.3, 0.4) is 0 Å². The fourth-order valence-corrected chi connectivity index (χ4v) is 5.27. The molecule has 2 nitrogen and oxygen atoms in total. The van der Waals surface area contributed by atoms with Gasteiger partial charge < -0.3 is 4.74 Å². The number of rotatable bonds is 4. The minimum absolute atomic E-state index is 0.752. The summed E-state index contributed by atoms with van der Waals surface area (Å²) in [5.41, 5.74) is 3.07. The first-order valence-electron chi connectivity index (χ1n) is 9.26. The molecule has 0 spiro atoms. The van der Waals surface area contributed by atoms with Crippen LogP contribution in [0, 0.1) is 5.92 Å². The van der Waals surface area contributed by atoms with Gasteiger partial charge in [0.25, 0.3) is 0 Å². The average molecular weight is 299 g/mol. The van der Waals surface area contributed by atoms with Crippen LogP contribution in [0.4, 0.5) is 0 Å². The summed E-state index contributed by atoms with van der Waals surface area (Å²) in [5, 5.41) is 0. The third-order valence-electron chi connectivity index (χ3n) is 6.44. The molecule has 2 fully saturated rings. The van der Waals surface area contributed by atoms with Crippen molar-refractivity contribution in [3.63, 3.8) is 0 Å². The summed E-state index contributed by atoms with van der Waals surface area (Å²) in [6.45, 7) is 2.64. The Morgan fingerprint density at radius 2 is 2.00 bits per heavy atom. The molecule has 1 saturated carbocycles. The van der Waals surface area contributed by atoms with E-state index in [1.54, 1.807) is 5.56 Å². The van der Waals surface area contributed by atoms with Crippen LogP contribution >= 0.6 is 0 Å². The van der Waals surface area contributed by atoms with Crippen LogP contribution in [0.15, 0.2) is 18.2 Å². The first-order chi connectivity index (χ1) is 10.9. The van der Waals surface area contributed by atoms with Gasteiger partial charge in [0, 0.05) is 12.0 Å². The monoisotopic (exact) mass is 299 g/mol. The molecule has 0 unspecified atom stereocenters. The van der Waals surface area contributed by atoms with Crippen LogP contribution in [-0.2, 0) is 6.42 Å². The number of likely N-dealkylation sites (tertiary alicyclic amines) is 1. The van der Waals surface area contributed by atoms with Gasteiger partial charge in [-0.2, -0.15) is 0 Å². The van der Waals surface area contributed by atoms with E-state index in [0.29, 0.717) is 0 Å². The van der Waals surface area contributed by atoms with Crippen molar-refractivity contribution < 1.29 is 4.74 Å². The van der Waals surface area contributed by atoms with Crippen molar-refractivity contribution in [3.8, 4) is 5.75 Å². The lowest BCUT2D eigenvalue weighted by molar-refractivity contribution is 0.210. The molecule has 2 heteroatoms. The Kier molecular flexibility index (Phi) is 4.13. The summed E-state index contributed by atoms with van der Waals surface area (Å²) in [4.78, 5) is 2.81. The van der Waals surface area contributed by atoms with Crippen LogP contribution < -0.4 is 4.74 Å². The van der Waals surface area contributed by atoms with Crippen LogP contribution in [0.5, 0.6) is 5.75 Å². The maximum atomic E-state index is 5.59. The molecule has 0 radical (unpaired) electrons. The maximum absolute atomic E-state index is 5.59. The summed E-state index contributed by atoms with van der Waals surface area (Å²) >= 11 is 0. The summed E-state index contributed by atoms with van der Waals surface area (Å²) < 4.78 is 5.59. The molecule has 0 bridgehead atoms. The van der Waals surface area contributed by atoms with E-state index >= 15 is 0 Å². The average Bonchev–Trinajstić information content (AvgIpc) is 3.21. The first-order valence-corrected chi connectivity index (χ1v) is 9.26. The Morgan fingerprint density at radius 3 is 2.82 bits per heavy atom. The highest BCUT2D eigenvalue weighted by Crippen LogP contribution is 2.44. The molecular weight excluding hydrogens is 270 g/mol. The second-order valence-corrected chi connectivity index (χ2v) is 7.50. The second kappa shape index (κ2) is 6.23. The number of hydrogen-bond donors (Lipinski definition) is 0. The van der Waals surface area contributed by atoms with Gasteiger partial charge in [0.2, 0.25) is 0 Å². The van der Waals surface area contributed by atoms with Crippen molar-refractivity contribution in [1.82, 2.24) is 4.90 Å². The second-order valence-electron chi connectivity index (χ2n) is 7.50. The zero-order chi connectivity index (χ0) is 14.9. The van der Waals surface area contributed by atoms with Crippen molar-refractivity contribution >= 4 is 0 Å². The Balaban J connectivity index is 1.46. The smallest absolute Gasteiger partial charge is 0.122 e. The van der Waals surface area contributed by atoms with Crippen LogP contribution in [-0.4, -0.2) is 31.1 Å². The standard InChI is InChI=1S/C20H29NO/c1-22-20-8-4-7-16-17-12-14-21(19(17)10-9-18(16)20)13-11-15-5-2-3-6-15/h4,7-8,15,17,19H,2-3,5-6,9-14H2,1H3/t17-,19+/m1/s1. The molecule has 0 N–H and O–H groups in total. The quantitative estimate of drug-likeness (QED) is 0.818. The van der Waals surface area contributed by atoms with Crippen molar-refractivity contribution in [2.24, 2.45) is 5.92 Å². The van der Waals surface area contributed by atoms with Gasteiger partial charge in [-0.3, -0.25) is 4.90 Å². The van der Waals surface area contributed by atoms with Crippen molar-refractivity contribution in [2.75, 3.05) is 20.2 Å². The van der Waals surface area contributed by atoms with Crippen molar-refractivity contribution in [3.05, 3.63) is 29.3 Å². The molecule has 120 valence electrons. The van der Waals surface area contributed by atoms with E-state index < -0.39 is 0 Å². The van der Waals surface area contributed by atoms with E-state index in [1.807, 2.05) is 7.11 Å². The Hall–Kier alpha value is -1.02. The molecule has 1 heterocycles. The predicted molar refractivity (Wildman–Crippen MR) is 90.6 cm³/mol. The molecule has 22 heavy (non-hydrogen) atoms. The lowest BCUT2D eigenvalue weighted by atomic mass is 9.79. The zero-order valence-corrected chi connectivity index (χ0v) is 13.9. The fraction of sp³-hybridized carbons (Fsp3) is 0.700. The SMILES string of the molecule is COc1cccc2c1CC[C@H]1[C@@H]2CCN1CCC1CCCC1. The van der Waals surface area contributed by atoms with E-state index in [4.69, 9.17) is 4.74 Å². The molecule has 0 amide bonds. The first kappa shape index (κ1) is 14.6. The zero-order valence-electron chi connectivity index (χ0n) is 13.9. The normalized spacial score (nSPS) is 28.6. The number of methoxy groups -OCH3 is 1. The Morgan fingerprint density at radius 1 is 1.14 bits per heavy atom. The minimum atomic E-state index is 0.752. The molecule has 0 aromatic heterocycles. The van der Waals surface area contributed by atoms with Crippen LogP contribution in [0.1, 0.15) is 62.0 Å². The van der Waals surface area contributed by atoms with E-state index in [-0.39, 0.29) is 0 Å². The van der Waals surface area contributed by atoms with Gasteiger partial charge in [-0.15, -0.1) is 0 Å². The molecule has 4 rings (SSSR count). The summed E-state index contributed by atoms with van der Waals surface area (Å²) in [6, 6.07) is 7.46. The van der Waals surface area contributed by atoms with Gasteiger partial charge in [-0.05, 0) is 61.9 Å². The number of benzene rings is 1. The van der Waals surface area contributed by atoms with Gasteiger partial charge in [-0.1, -0.05) is 37.8 Å². The molecule has 1 aromatic rings. The lowest BCUT2D eigenvalue weighted by Gasteiger charge is -2.34. The molecule has 1 aliphatic heterocycles. The summed E-state index contributed by atoms with van der Waals surface area (Å²) in [5.74, 6) is 2.89. The Labute approximate surface area is 134 Å². The maximum Gasteiger partial charge on any atom is 0.122 e. The van der Waals surface area contributed by atoms with E-state index in [9.17, 15) is 0 Å². The van der Waals surface area contributed by atoms with Crippen LogP contribution in [0.2, 0.25) is 0 Å².